The van der Waals surface area contributed by atoms with Gasteiger partial charge in [0.1, 0.15) is 0 Å². The van der Waals surface area contributed by atoms with Crippen LogP contribution in [-0.2, 0) is 18.5 Å². The van der Waals surface area contributed by atoms with Crippen molar-refractivity contribution in [2.75, 3.05) is 0 Å². The molecule has 0 atom stereocenters. The van der Waals surface area contributed by atoms with Crippen LogP contribution >= 0.6 is 11.3 Å². The largest absolute Gasteiger partial charge is 0.307 e. The fourth-order valence-electron chi connectivity index (χ4n) is 1.80. The molecule has 1 aromatic heterocycles. The summed E-state index contributed by atoms with van der Waals surface area (Å²) in [6, 6.07) is 6.59. The maximum atomic E-state index is 10.6. The highest BCUT2D eigenvalue weighted by molar-refractivity contribution is 7.09. The molecule has 0 aliphatic carbocycles. The average molecular weight is 305 g/mol. The number of aromatic nitrogens is 1. The summed E-state index contributed by atoms with van der Waals surface area (Å²) in [6.45, 7) is 7.82. The molecule has 1 aromatic carbocycles. The van der Waals surface area contributed by atoms with Gasteiger partial charge in [-0.1, -0.05) is 32.9 Å². The zero-order valence-electron chi connectivity index (χ0n) is 12.4. The zero-order chi connectivity index (χ0) is 15.5. The minimum absolute atomic E-state index is 0.0846. The Balaban J connectivity index is 1.86. The van der Waals surface area contributed by atoms with E-state index in [1.165, 1.54) is 12.1 Å². The number of rotatable bonds is 5. The smallest absolute Gasteiger partial charge is 0.269 e. The molecule has 0 saturated carbocycles. The van der Waals surface area contributed by atoms with Crippen molar-refractivity contribution in [1.29, 1.82) is 0 Å². The van der Waals surface area contributed by atoms with E-state index >= 15 is 0 Å². The number of hydrogen-bond donors (Lipinski definition) is 1. The molecule has 0 radical (unpaired) electrons. The second-order valence-corrected chi connectivity index (χ2v) is 6.78. The van der Waals surface area contributed by atoms with Gasteiger partial charge in [-0.05, 0) is 5.56 Å². The number of hydrogen-bond acceptors (Lipinski definition) is 5. The molecule has 0 aliphatic rings. The summed E-state index contributed by atoms with van der Waals surface area (Å²) in [5, 5.41) is 17.1. The van der Waals surface area contributed by atoms with E-state index in [1.807, 2.05) is 0 Å². The maximum absolute atomic E-state index is 10.6. The molecular weight excluding hydrogens is 286 g/mol. The number of benzene rings is 1. The number of nitrogens with zero attached hydrogens (tertiary/aromatic N) is 2. The van der Waals surface area contributed by atoms with Crippen molar-refractivity contribution in [3.05, 3.63) is 56.0 Å². The molecule has 2 aromatic rings. The first-order valence-corrected chi connectivity index (χ1v) is 7.63. The Bertz CT molecular complexity index is 615. The van der Waals surface area contributed by atoms with Crippen LogP contribution in [0.2, 0.25) is 0 Å². The second kappa shape index (κ2) is 6.32. The van der Waals surface area contributed by atoms with Gasteiger partial charge in [0.15, 0.2) is 0 Å². The van der Waals surface area contributed by atoms with Gasteiger partial charge in [-0.3, -0.25) is 10.1 Å². The molecule has 21 heavy (non-hydrogen) atoms. The Morgan fingerprint density at radius 3 is 2.43 bits per heavy atom. The van der Waals surface area contributed by atoms with Gasteiger partial charge in [0.2, 0.25) is 0 Å². The lowest BCUT2D eigenvalue weighted by Crippen LogP contribution is -2.14. The Hall–Kier alpha value is -1.79. The number of nitrogens with one attached hydrogen (secondary N) is 1. The maximum Gasteiger partial charge on any atom is 0.269 e. The highest BCUT2D eigenvalue weighted by Crippen LogP contribution is 2.25. The molecule has 0 bridgehead atoms. The van der Waals surface area contributed by atoms with Crippen molar-refractivity contribution < 1.29 is 4.92 Å². The third-order valence-corrected chi connectivity index (χ3v) is 4.29. The van der Waals surface area contributed by atoms with Crippen LogP contribution in [0.1, 0.15) is 37.0 Å². The van der Waals surface area contributed by atoms with Crippen molar-refractivity contribution in [1.82, 2.24) is 10.3 Å². The summed E-state index contributed by atoms with van der Waals surface area (Å²) in [5.41, 5.74) is 2.26. The summed E-state index contributed by atoms with van der Waals surface area (Å²) in [6.07, 6.45) is 0. The van der Waals surface area contributed by atoms with Crippen molar-refractivity contribution in [3.8, 4) is 0 Å². The van der Waals surface area contributed by atoms with E-state index < -0.39 is 0 Å². The van der Waals surface area contributed by atoms with E-state index in [0.29, 0.717) is 13.1 Å². The van der Waals surface area contributed by atoms with Gasteiger partial charge in [-0.25, -0.2) is 4.98 Å². The van der Waals surface area contributed by atoms with Crippen LogP contribution < -0.4 is 5.32 Å². The predicted molar refractivity (Wildman–Crippen MR) is 84.5 cm³/mol. The van der Waals surface area contributed by atoms with Gasteiger partial charge < -0.3 is 5.32 Å². The normalized spacial score (nSPS) is 11.6. The van der Waals surface area contributed by atoms with E-state index in [2.05, 4.69) is 36.5 Å². The average Bonchev–Trinajstić information content (AvgIpc) is 2.88. The molecule has 112 valence electrons. The molecule has 1 N–H and O–H groups in total. The number of non-ortho nitro benzene ring substituents is 1. The molecule has 5 nitrogen and oxygen atoms in total. The van der Waals surface area contributed by atoms with E-state index in [9.17, 15) is 10.1 Å². The van der Waals surface area contributed by atoms with E-state index in [4.69, 9.17) is 0 Å². The lowest BCUT2D eigenvalue weighted by molar-refractivity contribution is -0.384. The molecule has 0 fully saturated rings. The zero-order valence-corrected chi connectivity index (χ0v) is 13.2. The third-order valence-electron chi connectivity index (χ3n) is 2.98. The van der Waals surface area contributed by atoms with Gasteiger partial charge in [0.25, 0.3) is 5.69 Å². The number of thiazole rings is 1. The Labute approximate surface area is 128 Å². The number of nitro benzene ring substituents is 1. The summed E-state index contributed by atoms with van der Waals surface area (Å²) < 4.78 is 0. The van der Waals surface area contributed by atoms with Crippen molar-refractivity contribution >= 4 is 17.0 Å². The summed E-state index contributed by atoms with van der Waals surface area (Å²) in [5.74, 6) is 0. The number of nitro groups is 1. The molecular formula is C15H19N3O2S. The van der Waals surface area contributed by atoms with Crippen LogP contribution in [0.4, 0.5) is 5.69 Å². The van der Waals surface area contributed by atoms with Crippen molar-refractivity contribution in [2.45, 2.75) is 39.3 Å². The predicted octanol–water partition coefficient (Wildman–Crippen LogP) is 3.64. The fraction of sp³-hybridized carbons (Fsp3) is 0.400. The first-order valence-electron chi connectivity index (χ1n) is 6.75. The highest BCUT2D eigenvalue weighted by atomic mass is 32.1. The molecule has 0 unspecified atom stereocenters. The van der Waals surface area contributed by atoms with E-state index in [-0.39, 0.29) is 16.0 Å². The van der Waals surface area contributed by atoms with Crippen LogP contribution in [0.25, 0.3) is 0 Å². The van der Waals surface area contributed by atoms with Crippen LogP contribution in [0.15, 0.2) is 29.6 Å². The fourth-order valence-corrected chi connectivity index (χ4v) is 2.71. The Morgan fingerprint density at radius 1 is 1.24 bits per heavy atom. The lowest BCUT2D eigenvalue weighted by Gasteiger charge is -2.13. The van der Waals surface area contributed by atoms with Gasteiger partial charge in [0, 0.05) is 36.0 Å². The van der Waals surface area contributed by atoms with Crippen LogP contribution in [0.5, 0.6) is 0 Å². The van der Waals surface area contributed by atoms with Crippen LogP contribution in [-0.4, -0.2) is 9.91 Å². The molecule has 6 heteroatoms. The van der Waals surface area contributed by atoms with Crippen LogP contribution in [0, 0.1) is 10.1 Å². The van der Waals surface area contributed by atoms with Gasteiger partial charge in [0.05, 0.1) is 15.6 Å². The van der Waals surface area contributed by atoms with E-state index in [0.717, 1.165) is 16.3 Å². The molecule has 2 rings (SSSR count). The summed E-state index contributed by atoms with van der Waals surface area (Å²) >= 11 is 1.68. The highest BCUT2D eigenvalue weighted by Gasteiger charge is 2.17. The standard InChI is InChI=1S/C15H19N3O2S/c1-15(2,3)14-17-12(10-21-14)9-16-8-11-4-6-13(7-5-11)18(19)20/h4-7,10,16H,8-9H2,1-3H3. The first kappa shape index (κ1) is 15.6. The van der Waals surface area contributed by atoms with Gasteiger partial charge in [-0.2, -0.15) is 0 Å². The van der Waals surface area contributed by atoms with Gasteiger partial charge in [-0.15, -0.1) is 11.3 Å². The minimum atomic E-state index is -0.388. The Morgan fingerprint density at radius 2 is 1.90 bits per heavy atom. The SMILES string of the molecule is CC(C)(C)c1nc(CNCc2ccc([N+](=O)[O-])cc2)cs1. The minimum Gasteiger partial charge on any atom is -0.307 e. The summed E-state index contributed by atoms with van der Waals surface area (Å²) in [7, 11) is 0. The first-order chi connectivity index (χ1) is 9.86. The molecule has 0 amide bonds. The Kier molecular flexibility index (Phi) is 4.69. The molecule has 0 saturated heterocycles. The van der Waals surface area contributed by atoms with Crippen molar-refractivity contribution in [2.24, 2.45) is 0 Å². The molecule has 0 spiro atoms. The second-order valence-electron chi connectivity index (χ2n) is 5.92. The molecule has 1 heterocycles. The lowest BCUT2D eigenvalue weighted by atomic mass is 9.98. The van der Waals surface area contributed by atoms with E-state index in [1.54, 1.807) is 23.5 Å². The van der Waals surface area contributed by atoms with Crippen LogP contribution in [0.3, 0.4) is 0 Å². The third kappa shape index (κ3) is 4.34. The van der Waals surface area contributed by atoms with Gasteiger partial charge >= 0.3 is 0 Å². The monoisotopic (exact) mass is 305 g/mol. The topological polar surface area (TPSA) is 68.1 Å². The van der Waals surface area contributed by atoms with Crippen molar-refractivity contribution in [3.63, 3.8) is 0 Å². The summed E-state index contributed by atoms with van der Waals surface area (Å²) in [4.78, 5) is 14.8. The molecule has 0 aliphatic heterocycles. The quantitative estimate of drug-likeness (QED) is 0.676.